The zero-order chi connectivity index (χ0) is 12.8. The molecule has 2 amide bonds. The molecule has 0 bridgehead atoms. The third-order valence-corrected chi connectivity index (χ3v) is 2.78. The lowest BCUT2D eigenvalue weighted by Crippen LogP contribution is -2.42. The normalized spacial score (nSPS) is 23.1. The van der Waals surface area contributed by atoms with Crippen LogP contribution in [0.2, 0.25) is 0 Å². The number of rotatable bonds is 5. The Hall–Kier alpha value is -1.63. The van der Waals surface area contributed by atoms with E-state index in [1.54, 1.807) is 0 Å². The van der Waals surface area contributed by atoms with E-state index in [0.717, 1.165) is 0 Å². The van der Waals surface area contributed by atoms with E-state index in [0.29, 0.717) is 19.3 Å². The third-order valence-electron chi connectivity index (χ3n) is 2.78. The van der Waals surface area contributed by atoms with E-state index < -0.39 is 11.9 Å². The lowest BCUT2D eigenvalue weighted by atomic mass is 10.1. The van der Waals surface area contributed by atoms with Gasteiger partial charge in [-0.15, -0.1) is 0 Å². The first-order valence-corrected chi connectivity index (χ1v) is 5.52. The van der Waals surface area contributed by atoms with Crippen LogP contribution in [0.4, 0.5) is 0 Å². The monoisotopic (exact) mass is 243 g/mol. The van der Waals surface area contributed by atoms with E-state index in [9.17, 15) is 14.4 Å². The molecule has 0 spiro atoms. The number of amides is 2. The molecule has 1 fully saturated rings. The van der Waals surface area contributed by atoms with E-state index >= 15 is 0 Å². The molecule has 1 rings (SSSR count). The maximum atomic E-state index is 11.4. The van der Waals surface area contributed by atoms with Crippen LogP contribution in [0.5, 0.6) is 0 Å². The highest BCUT2D eigenvalue weighted by Crippen LogP contribution is 2.25. The minimum Gasteiger partial charge on any atom is -0.481 e. The van der Waals surface area contributed by atoms with Crippen molar-refractivity contribution in [3.05, 3.63) is 0 Å². The molecule has 0 aromatic carbocycles. The largest absolute Gasteiger partial charge is 0.481 e. The first kappa shape index (κ1) is 13.4. The standard InChI is InChI=1S/C10H17N3O4/c11-4-8(14)12-5-9(15)13-7-2-1-6(3-7)10(16)17/h6-7H,1-5,11H2,(H,12,14)(H,13,15)(H,16,17)/t6-,7+/m1/s1. The fourth-order valence-electron chi connectivity index (χ4n) is 1.87. The van der Waals surface area contributed by atoms with Gasteiger partial charge < -0.3 is 21.5 Å². The topological polar surface area (TPSA) is 122 Å². The number of carbonyl (C=O) groups is 3. The minimum atomic E-state index is -0.821. The van der Waals surface area contributed by atoms with Crippen molar-refractivity contribution < 1.29 is 19.5 Å². The molecule has 0 radical (unpaired) electrons. The molecular formula is C10H17N3O4. The first-order valence-electron chi connectivity index (χ1n) is 5.52. The smallest absolute Gasteiger partial charge is 0.306 e. The highest BCUT2D eigenvalue weighted by Gasteiger charge is 2.30. The molecule has 0 unspecified atom stereocenters. The Morgan fingerprint density at radius 2 is 1.94 bits per heavy atom. The highest BCUT2D eigenvalue weighted by molar-refractivity contribution is 5.85. The molecule has 0 aliphatic heterocycles. The second kappa shape index (κ2) is 6.19. The summed E-state index contributed by atoms with van der Waals surface area (Å²) in [6, 6.07) is -0.113. The van der Waals surface area contributed by atoms with E-state index in [1.165, 1.54) is 0 Å². The second-order valence-electron chi connectivity index (χ2n) is 4.09. The number of nitrogens with two attached hydrogens (primary N) is 1. The molecule has 0 heterocycles. The van der Waals surface area contributed by atoms with Gasteiger partial charge in [-0.25, -0.2) is 0 Å². The molecule has 1 aliphatic carbocycles. The van der Waals surface area contributed by atoms with Gasteiger partial charge in [0, 0.05) is 6.04 Å². The second-order valence-corrected chi connectivity index (χ2v) is 4.09. The van der Waals surface area contributed by atoms with Crippen molar-refractivity contribution in [2.24, 2.45) is 11.7 Å². The lowest BCUT2D eigenvalue weighted by Gasteiger charge is -2.12. The SMILES string of the molecule is NCC(=O)NCC(=O)N[C@H]1CC[C@@H](C(=O)O)C1. The van der Waals surface area contributed by atoms with Gasteiger partial charge in [0.05, 0.1) is 19.0 Å². The van der Waals surface area contributed by atoms with Crippen LogP contribution in [0.1, 0.15) is 19.3 Å². The van der Waals surface area contributed by atoms with Gasteiger partial charge in [0.1, 0.15) is 0 Å². The Labute approximate surface area is 98.7 Å². The number of carbonyl (C=O) groups excluding carboxylic acids is 2. The van der Waals surface area contributed by atoms with Crippen LogP contribution in [0.3, 0.4) is 0 Å². The van der Waals surface area contributed by atoms with Gasteiger partial charge in [-0.3, -0.25) is 14.4 Å². The van der Waals surface area contributed by atoms with Crippen molar-refractivity contribution in [2.75, 3.05) is 13.1 Å². The quantitative estimate of drug-likeness (QED) is 0.465. The van der Waals surface area contributed by atoms with Gasteiger partial charge in [0.2, 0.25) is 11.8 Å². The third kappa shape index (κ3) is 4.39. The zero-order valence-corrected chi connectivity index (χ0v) is 9.44. The van der Waals surface area contributed by atoms with E-state index in [4.69, 9.17) is 10.8 Å². The van der Waals surface area contributed by atoms with Crippen LogP contribution in [0, 0.1) is 5.92 Å². The van der Waals surface area contributed by atoms with Crippen LogP contribution in [-0.4, -0.2) is 42.0 Å². The van der Waals surface area contributed by atoms with Gasteiger partial charge in [-0.2, -0.15) is 0 Å². The molecule has 17 heavy (non-hydrogen) atoms. The van der Waals surface area contributed by atoms with Crippen molar-refractivity contribution in [1.82, 2.24) is 10.6 Å². The van der Waals surface area contributed by atoms with Gasteiger partial charge in [0.25, 0.3) is 0 Å². The van der Waals surface area contributed by atoms with Crippen LogP contribution >= 0.6 is 0 Å². The Morgan fingerprint density at radius 3 is 2.47 bits per heavy atom. The van der Waals surface area contributed by atoms with E-state index in [2.05, 4.69) is 10.6 Å². The number of carboxylic acid groups (broad SMARTS) is 1. The Balaban J connectivity index is 2.24. The number of hydrogen-bond acceptors (Lipinski definition) is 4. The van der Waals surface area contributed by atoms with Gasteiger partial charge in [-0.05, 0) is 19.3 Å². The van der Waals surface area contributed by atoms with Gasteiger partial charge >= 0.3 is 5.97 Å². The van der Waals surface area contributed by atoms with Crippen molar-refractivity contribution in [2.45, 2.75) is 25.3 Å². The summed E-state index contributed by atoms with van der Waals surface area (Å²) >= 11 is 0. The Kier molecular flexibility index (Phi) is 4.89. The Bertz CT molecular complexity index is 319. The predicted molar refractivity (Wildman–Crippen MR) is 59.0 cm³/mol. The van der Waals surface area contributed by atoms with Gasteiger partial charge in [0.15, 0.2) is 0 Å². The number of nitrogens with one attached hydrogen (secondary N) is 2. The molecular weight excluding hydrogens is 226 g/mol. The molecule has 0 saturated heterocycles. The summed E-state index contributed by atoms with van der Waals surface area (Å²) in [5.41, 5.74) is 5.06. The highest BCUT2D eigenvalue weighted by atomic mass is 16.4. The maximum Gasteiger partial charge on any atom is 0.306 e. The fraction of sp³-hybridized carbons (Fsp3) is 0.700. The summed E-state index contributed by atoms with van der Waals surface area (Å²) in [7, 11) is 0. The summed E-state index contributed by atoms with van der Waals surface area (Å²) in [6.07, 6.45) is 1.69. The molecule has 0 aromatic heterocycles. The lowest BCUT2D eigenvalue weighted by molar-refractivity contribution is -0.141. The predicted octanol–water partition coefficient (Wildman–Crippen LogP) is -1.57. The van der Waals surface area contributed by atoms with Crippen molar-refractivity contribution in [3.8, 4) is 0 Å². The van der Waals surface area contributed by atoms with Crippen molar-refractivity contribution >= 4 is 17.8 Å². The van der Waals surface area contributed by atoms with E-state index in [1.807, 2.05) is 0 Å². The summed E-state index contributed by atoms with van der Waals surface area (Å²) < 4.78 is 0. The number of hydrogen-bond donors (Lipinski definition) is 4. The number of carboxylic acids is 1. The first-order chi connectivity index (χ1) is 8.02. The molecule has 7 nitrogen and oxygen atoms in total. The van der Waals surface area contributed by atoms with Crippen LogP contribution in [0.15, 0.2) is 0 Å². The molecule has 7 heteroatoms. The summed E-state index contributed by atoms with van der Waals surface area (Å²) in [6.45, 7) is -0.276. The van der Waals surface area contributed by atoms with Crippen molar-refractivity contribution in [3.63, 3.8) is 0 Å². The molecule has 2 atom stereocenters. The van der Waals surface area contributed by atoms with Crippen LogP contribution < -0.4 is 16.4 Å². The summed E-state index contributed by atoms with van der Waals surface area (Å²) in [5.74, 6) is -1.91. The maximum absolute atomic E-state index is 11.4. The molecule has 1 aliphatic rings. The molecule has 5 N–H and O–H groups in total. The average Bonchev–Trinajstić information content (AvgIpc) is 2.74. The van der Waals surface area contributed by atoms with Crippen LogP contribution in [-0.2, 0) is 14.4 Å². The molecule has 0 aromatic rings. The fourth-order valence-corrected chi connectivity index (χ4v) is 1.87. The van der Waals surface area contributed by atoms with E-state index in [-0.39, 0.29) is 31.0 Å². The van der Waals surface area contributed by atoms with Crippen LogP contribution in [0.25, 0.3) is 0 Å². The zero-order valence-electron chi connectivity index (χ0n) is 9.44. The Morgan fingerprint density at radius 1 is 1.24 bits per heavy atom. The summed E-state index contributed by atoms with van der Waals surface area (Å²) in [4.78, 5) is 32.9. The minimum absolute atomic E-state index is 0.113. The summed E-state index contributed by atoms with van der Waals surface area (Å²) in [5, 5.41) is 13.8. The number of aliphatic carboxylic acids is 1. The van der Waals surface area contributed by atoms with Crippen molar-refractivity contribution in [1.29, 1.82) is 0 Å². The average molecular weight is 243 g/mol. The molecule has 1 saturated carbocycles. The van der Waals surface area contributed by atoms with Gasteiger partial charge in [-0.1, -0.05) is 0 Å². The molecule has 96 valence electrons.